The van der Waals surface area contributed by atoms with Crippen LogP contribution in [0.5, 0.6) is 0 Å². The maximum atomic E-state index is 5.73. The lowest BCUT2D eigenvalue weighted by atomic mass is 10.1. The predicted molar refractivity (Wildman–Crippen MR) is 75.9 cm³/mol. The normalized spacial score (nSPS) is 25.2. The first-order valence-corrected chi connectivity index (χ1v) is 7.81. The minimum atomic E-state index is 0.757. The van der Waals surface area contributed by atoms with Crippen molar-refractivity contribution in [3.63, 3.8) is 0 Å². The van der Waals surface area contributed by atoms with Gasteiger partial charge >= 0.3 is 0 Å². The van der Waals surface area contributed by atoms with Crippen LogP contribution >= 0.6 is 0 Å². The molecule has 2 aliphatic rings. The van der Waals surface area contributed by atoms with E-state index >= 15 is 0 Å². The zero-order valence-electron chi connectivity index (χ0n) is 12.2. The van der Waals surface area contributed by atoms with Crippen LogP contribution in [0.2, 0.25) is 0 Å². The molecule has 106 valence electrons. The molecule has 0 amide bonds. The fraction of sp³-hybridized carbons (Fsp3) is 1.00. The molecule has 1 N–H and O–H groups in total. The van der Waals surface area contributed by atoms with E-state index in [2.05, 4.69) is 24.1 Å². The Hall–Kier alpha value is -0.120. The molecular weight excluding hydrogens is 224 g/mol. The summed E-state index contributed by atoms with van der Waals surface area (Å²) >= 11 is 0. The SMILES string of the molecule is CC(C)CCOCCN1CCCC1CNC1CC1. The van der Waals surface area contributed by atoms with E-state index in [1.54, 1.807) is 0 Å². The summed E-state index contributed by atoms with van der Waals surface area (Å²) in [6, 6.07) is 1.61. The van der Waals surface area contributed by atoms with Crippen LogP contribution in [0.25, 0.3) is 0 Å². The van der Waals surface area contributed by atoms with Crippen LogP contribution in [0.15, 0.2) is 0 Å². The van der Waals surface area contributed by atoms with E-state index in [-0.39, 0.29) is 0 Å². The Bertz CT molecular complexity index is 229. The lowest BCUT2D eigenvalue weighted by molar-refractivity contribution is 0.0920. The molecule has 0 aromatic heterocycles. The fourth-order valence-electron chi connectivity index (χ4n) is 2.61. The summed E-state index contributed by atoms with van der Waals surface area (Å²) in [4.78, 5) is 2.62. The number of nitrogens with zero attached hydrogens (tertiary/aromatic N) is 1. The van der Waals surface area contributed by atoms with Crippen LogP contribution in [-0.4, -0.2) is 49.8 Å². The third-order valence-electron chi connectivity index (χ3n) is 4.08. The highest BCUT2D eigenvalue weighted by molar-refractivity contribution is 4.86. The maximum Gasteiger partial charge on any atom is 0.0593 e. The third kappa shape index (κ3) is 5.25. The topological polar surface area (TPSA) is 24.5 Å². The molecular formula is C15H30N2O. The number of hydrogen-bond donors (Lipinski definition) is 1. The summed E-state index contributed by atoms with van der Waals surface area (Å²) in [5.41, 5.74) is 0. The Morgan fingerprint density at radius 3 is 2.78 bits per heavy atom. The zero-order chi connectivity index (χ0) is 12.8. The summed E-state index contributed by atoms with van der Waals surface area (Å²) in [6.07, 6.45) is 6.71. The molecule has 0 bridgehead atoms. The summed E-state index contributed by atoms with van der Waals surface area (Å²) in [5.74, 6) is 0.757. The smallest absolute Gasteiger partial charge is 0.0593 e. The van der Waals surface area contributed by atoms with Gasteiger partial charge < -0.3 is 10.1 Å². The first-order chi connectivity index (χ1) is 8.75. The summed E-state index contributed by atoms with van der Waals surface area (Å²) in [6.45, 7) is 9.92. The van der Waals surface area contributed by atoms with Gasteiger partial charge in [-0.15, -0.1) is 0 Å². The lowest BCUT2D eigenvalue weighted by Crippen LogP contribution is -2.40. The van der Waals surface area contributed by atoms with Gasteiger partial charge in [-0.3, -0.25) is 4.90 Å². The van der Waals surface area contributed by atoms with Gasteiger partial charge in [-0.05, 0) is 44.6 Å². The maximum absolute atomic E-state index is 5.73. The van der Waals surface area contributed by atoms with Crippen molar-refractivity contribution in [1.82, 2.24) is 10.2 Å². The van der Waals surface area contributed by atoms with Crippen molar-refractivity contribution in [3.8, 4) is 0 Å². The van der Waals surface area contributed by atoms with Crippen LogP contribution in [0, 0.1) is 5.92 Å². The molecule has 0 aromatic rings. The summed E-state index contributed by atoms with van der Waals surface area (Å²) < 4.78 is 5.73. The van der Waals surface area contributed by atoms with E-state index in [9.17, 15) is 0 Å². The molecule has 0 aromatic carbocycles. The predicted octanol–water partition coefficient (Wildman–Crippen LogP) is 2.27. The summed E-state index contributed by atoms with van der Waals surface area (Å²) in [7, 11) is 0. The third-order valence-corrected chi connectivity index (χ3v) is 4.08. The first kappa shape index (κ1) is 14.3. The van der Waals surface area contributed by atoms with Gasteiger partial charge in [-0.25, -0.2) is 0 Å². The van der Waals surface area contributed by atoms with Crippen molar-refractivity contribution >= 4 is 0 Å². The molecule has 1 atom stereocenters. The van der Waals surface area contributed by atoms with Crippen molar-refractivity contribution in [2.24, 2.45) is 5.92 Å². The Morgan fingerprint density at radius 2 is 2.06 bits per heavy atom. The van der Waals surface area contributed by atoms with E-state index in [0.29, 0.717) is 0 Å². The van der Waals surface area contributed by atoms with E-state index in [1.807, 2.05) is 0 Å². The second kappa shape index (κ2) is 7.46. The number of hydrogen-bond acceptors (Lipinski definition) is 3. The number of ether oxygens (including phenoxy) is 1. The molecule has 1 heterocycles. The molecule has 3 nitrogen and oxygen atoms in total. The molecule has 2 fully saturated rings. The van der Waals surface area contributed by atoms with E-state index in [4.69, 9.17) is 4.74 Å². The molecule has 1 saturated heterocycles. The second-order valence-electron chi connectivity index (χ2n) is 6.31. The quantitative estimate of drug-likeness (QED) is 0.639. The van der Waals surface area contributed by atoms with Crippen LogP contribution in [0.1, 0.15) is 46.0 Å². The van der Waals surface area contributed by atoms with Gasteiger partial charge in [0.25, 0.3) is 0 Å². The van der Waals surface area contributed by atoms with E-state index in [1.165, 1.54) is 45.2 Å². The first-order valence-electron chi connectivity index (χ1n) is 7.81. The molecule has 1 aliphatic heterocycles. The van der Waals surface area contributed by atoms with Gasteiger partial charge in [0.05, 0.1) is 6.61 Å². The van der Waals surface area contributed by atoms with Gasteiger partial charge in [0.2, 0.25) is 0 Å². The zero-order valence-corrected chi connectivity index (χ0v) is 12.2. The molecule has 1 unspecified atom stereocenters. The highest BCUT2D eigenvalue weighted by atomic mass is 16.5. The van der Waals surface area contributed by atoms with Crippen LogP contribution in [0.4, 0.5) is 0 Å². The molecule has 1 aliphatic carbocycles. The molecule has 3 heteroatoms. The van der Waals surface area contributed by atoms with Gasteiger partial charge in [0.15, 0.2) is 0 Å². The highest BCUT2D eigenvalue weighted by Crippen LogP contribution is 2.21. The Kier molecular flexibility index (Phi) is 5.93. The standard InChI is InChI=1S/C15H30N2O/c1-13(2)7-10-18-11-9-17-8-3-4-15(17)12-16-14-5-6-14/h13-16H,3-12H2,1-2H3. The Balaban J connectivity index is 1.52. The van der Waals surface area contributed by atoms with Gasteiger partial charge in [-0.1, -0.05) is 13.8 Å². The molecule has 18 heavy (non-hydrogen) atoms. The van der Waals surface area contributed by atoms with Gasteiger partial charge in [-0.2, -0.15) is 0 Å². The van der Waals surface area contributed by atoms with Crippen LogP contribution in [-0.2, 0) is 4.74 Å². The molecule has 1 saturated carbocycles. The van der Waals surface area contributed by atoms with Gasteiger partial charge in [0, 0.05) is 31.8 Å². The van der Waals surface area contributed by atoms with Crippen molar-refractivity contribution in [3.05, 3.63) is 0 Å². The minimum absolute atomic E-state index is 0.757. The van der Waals surface area contributed by atoms with Crippen molar-refractivity contribution in [2.75, 3.05) is 32.8 Å². The van der Waals surface area contributed by atoms with Gasteiger partial charge in [0.1, 0.15) is 0 Å². The van der Waals surface area contributed by atoms with Crippen molar-refractivity contribution < 1.29 is 4.74 Å². The Labute approximate surface area is 112 Å². The summed E-state index contributed by atoms with van der Waals surface area (Å²) in [5, 5.41) is 3.66. The van der Waals surface area contributed by atoms with Crippen LogP contribution < -0.4 is 5.32 Å². The largest absolute Gasteiger partial charge is 0.380 e. The van der Waals surface area contributed by atoms with Crippen molar-refractivity contribution in [2.45, 2.75) is 58.0 Å². The number of rotatable bonds is 9. The molecule has 0 radical (unpaired) electrons. The number of likely N-dealkylation sites (tertiary alicyclic amines) is 1. The van der Waals surface area contributed by atoms with E-state index in [0.717, 1.165) is 37.8 Å². The lowest BCUT2D eigenvalue weighted by Gasteiger charge is -2.24. The number of nitrogens with one attached hydrogen (secondary N) is 1. The van der Waals surface area contributed by atoms with Crippen molar-refractivity contribution in [1.29, 1.82) is 0 Å². The highest BCUT2D eigenvalue weighted by Gasteiger charge is 2.27. The molecule has 2 rings (SSSR count). The monoisotopic (exact) mass is 254 g/mol. The van der Waals surface area contributed by atoms with Crippen LogP contribution in [0.3, 0.4) is 0 Å². The van der Waals surface area contributed by atoms with E-state index < -0.39 is 0 Å². The minimum Gasteiger partial charge on any atom is -0.380 e. The average Bonchev–Trinajstić information content (AvgIpc) is 3.06. The fourth-order valence-corrected chi connectivity index (χ4v) is 2.61. The second-order valence-corrected chi connectivity index (χ2v) is 6.31. The molecule has 0 spiro atoms. The Morgan fingerprint density at radius 1 is 1.22 bits per heavy atom. The average molecular weight is 254 g/mol.